The number of hydrogen-bond acceptors (Lipinski definition) is 3. The zero-order valence-electron chi connectivity index (χ0n) is 12.8. The highest BCUT2D eigenvalue weighted by atomic mass is 16.3. The summed E-state index contributed by atoms with van der Waals surface area (Å²) in [5, 5.41) is 0. The lowest BCUT2D eigenvalue weighted by molar-refractivity contribution is -0.141. The van der Waals surface area contributed by atoms with Crippen LogP contribution in [0.2, 0.25) is 0 Å². The molecule has 20 heavy (non-hydrogen) atoms. The molecule has 1 aromatic heterocycles. The molecule has 1 aliphatic carbocycles. The van der Waals surface area contributed by atoms with Crippen molar-refractivity contribution in [1.82, 2.24) is 4.90 Å². The van der Waals surface area contributed by atoms with Gasteiger partial charge in [0.15, 0.2) is 0 Å². The average Bonchev–Trinajstić information content (AvgIpc) is 2.81. The topological polar surface area (TPSA) is 59.5 Å². The summed E-state index contributed by atoms with van der Waals surface area (Å²) in [6.45, 7) is 6.47. The highest BCUT2D eigenvalue weighted by Gasteiger charge is 2.39. The highest BCUT2D eigenvalue weighted by Crippen LogP contribution is 2.29. The molecule has 112 valence electrons. The molecule has 1 fully saturated rings. The lowest BCUT2D eigenvalue weighted by Gasteiger charge is -2.38. The maximum Gasteiger partial charge on any atom is 0.243 e. The van der Waals surface area contributed by atoms with Crippen molar-refractivity contribution >= 4 is 5.91 Å². The smallest absolute Gasteiger partial charge is 0.243 e. The Morgan fingerprint density at radius 2 is 2.00 bits per heavy atom. The molecule has 0 unspecified atom stereocenters. The summed E-state index contributed by atoms with van der Waals surface area (Å²) in [4.78, 5) is 14.7. The van der Waals surface area contributed by atoms with Crippen LogP contribution in [0.1, 0.15) is 57.5 Å². The van der Waals surface area contributed by atoms with Crippen LogP contribution in [0.4, 0.5) is 0 Å². The van der Waals surface area contributed by atoms with Crippen molar-refractivity contribution in [2.75, 3.05) is 0 Å². The van der Waals surface area contributed by atoms with E-state index in [9.17, 15) is 4.79 Å². The Morgan fingerprint density at radius 3 is 2.50 bits per heavy atom. The summed E-state index contributed by atoms with van der Waals surface area (Å²) in [6.07, 6.45) is 4.88. The Labute approximate surface area is 121 Å². The molecular formula is C16H26N2O2. The Kier molecular flexibility index (Phi) is 4.53. The number of furan rings is 1. The molecule has 0 bridgehead atoms. The van der Waals surface area contributed by atoms with Gasteiger partial charge >= 0.3 is 0 Å². The van der Waals surface area contributed by atoms with E-state index in [2.05, 4.69) is 0 Å². The van der Waals surface area contributed by atoms with Crippen molar-refractivity contribution in [1.29, 1.82) is 0 Å². The number of carbonyl (C=O) groups is 1. The van der Waals surface area contributed by atoms with Crippen LogP contribution in [0.5, 0.6) is 0 Å². The van der Waals surface area contributed by atoms with E-state index in [0.29, 0.717) is 6.54 Å². The zero-order valence-corrected chi connectivity index (χ0v) is 12.8. The molecule has 0 aromatic carbocycles. The predicted molar refractivity (Wildman–Crippen MR) is 79.1 cm³/mol. The van der Waals surface area contributed by atoms with Crippen molar-refractivity contribution < 1.29 is 9.21 Å². The van der Waals surface area contributed by atoms with Crippen LogP contribution in [0, 0.1) is 6.92 Å². The van der Waals surface area contributed by atoms with E-state index >= 15 is 0 Å². The van der Waals surface area contributed by atoms with Gasteiger partial charge in [0.2, 0.25) is 5.91 Å². The van der Waals surface area contributed by atoms with Gasteiger partial charge in [0, 0.05) is 6.04 Å². The molecule has 1 saturated carbocycles. The van der Waals surface area contributed by atoms with Gasteiger partial charge in [-0.1, -0.05) is 19.3 Å². The van der Waals surface area contributed by atoms with Crippen molar-refractivity contribution in [3.05, 3.63) is 23.7 Å². The molecule has 2 N–H and O–H groups in total. The van der Waals surface area contributed by atoms with Crippen LogP contribution in [0.25, 0.3) is 0 Å². The molecular weight excluding hydrogens is 252 g/mol. The number of carbonyl (C=O) groups excluding carboxylic acids is 1. The molecule has 4 nitrogen and oxygen atoms in total. The lowest BCUT2D eigenvalue weighted by atomic mass is 9.81. The van der Waals surface area contributed by atoms with Crippen LogP contribution in [-0.4, -0.2) is 22.4 Å². The van der Waals surface area contributed by atoms with Crippen LogP contribution >= 0.6 is 0 Å². The van der Waals surface area contributed by atoms with E-state index in [-0.39, 0.29) is 11.9 Å². The fraction of sp³-hybridized carbons (Fsp3) is 0.688. The maximum absolute atomic E-state index is 12.8. The van der Waals surface area contributed by atoms with Crippen molar-refractivity contribution in [3.8, 4) is 0 Å². The summed E-state index contributed by atoms with van der Waals surface area (Å²) in [5.74, 6) is 1.77. The minimum Gasteiger partial charge on any atom is -0.464 e. The molecule has 0 radical (unpaired) electrons. The molecule has 2 rings (SSSR count). The van der Waals surface area contributed by atoms with Crippen LogP contribution in [-0.2, 0) is 11.3 Å². The van der Waals surface area contributed by atoms with Crippen LogP contribution in [0.3, 0.4) is 0 Å². The number of nitrogens with two attached hydrogens (primary N) is 1. The number of rotatable bonds is 4. The Balaban J connectivity index is 2.13. The third-order valence-corrected chi connectivity index (χ3v) is 4.18. The minimum atomic E-state index is -0.676. The molecule has 0 atom stereocenters. The molecule has 0 saturated heterocycles. The van der Waals surface area contributed by atoms with Gasteiger partial charge in [0.05, 0.1) is 12.1 Å². The predicted octanol–water partition coefficient (Wildman–Crippen LogP) is 2.99. The maximum atomic E-state index is 12.8. The van der Waals surface area contributed by atoms with Crippen LogP contribution < -0.4 is 5.73 Å². The second-order valence-electron chi connectivity index (χ2n) is 6.26. The van der Waals surface area contributed by atoms with E-state index in [0.717, 1.165) is 37.2 Å². The fourth-order valence-corrected chi connectivity index (χ4v) is 2.91. The van der Waals surface area contributed by atoms with Gasteiger partial charge in [-0.2, -0.15) is 0 Å². The molecule has 0 aliphatic heterocycles. The normalized spacial score (nSPS) is 18.2. The van der Waals surface area contributed by atoms with Gasteiger partial charge in [0.25, 0.3) is 0 Å². The van der Waals surface area contributed by atoms with Crippen molar-refractivity contribution in [2.45, 2.75) is 71.0 Å². The standard InChI is InChI=1S/C16H26N2O2/c1-12(2)18(11-14-8-7-13(3)20-14)15(19)16(17)9-5-4-6-10-16/h7-8,12H,4-6,9-11,17H2,1-3H3. The largest absolute Gasteiger partial charge is 0.464 e. The third kappa shape index (κ3) is 3.23. The molecule has 4 heteroatoms. The Morgan fingerprint density at radius 1 is 1.35 bits per heavy atom. The summed E-state index contributed by atoms with van der Waals surface area (Å²) in [6, 6.07) is 3.98. The highest BCUT2D eigenvalue weighted by molar-refractivity contribution is 5.86. The van der Waals surface area contributed by atoms with Gasteiger partial charge in [-0.05, 0) is 45.7 Å². The number of amides is 1. The molecule has 1 aliphatic rings. The average molecular weight is 278 g/mol. The van der Waals surface area contributed by atoms with Crippen molar-refractivity contribution in [3.63, 3.8) is 0 Å². The summed E-state index contributed by atoms with van der Waals surface area (Å²) in [7, 11) is 0. The molecule has 1 aromatic rings. The Bertz CT molecular complexity index is 459. The van der Waals surface area contributed by atoms with Gasteiger partial charge in [-0.15, -0.1) is 0 Å². The monoisotopic (exact) mass is 278 g/mol. The first-order valence-electron chi connectivity index (χ1n) is 7.58. The third-order valence-electron chi connectivity index (χ3n) is 4.18. The van der Waals surface area contributed by atoms with Gasteiger partial charge in [-0.25, -0.2) is 0 Å². The molecule has 0 spiro atoms. The molecule has 1 heterocycles. The number of nitrogens with zero attached hydrogens (tertiary/aromatic N) is 1. The molecule has 1 amide bonds. The van der Waals surface area contributed by atoms with Crippen molar-refractivity contribution in [2.24, 2.45) is 5.73 Å². The van der Waals surface area contributed by atoms with E-state index < -0.39 is 5.54 Å². The van der Waals surface area contributed by atoms with E-state index in [4.69, 9.17) is 10.2 Å². The summed E-state index contributed by atoms with van der Waals surface area (Å²) >= 11 is 0. The zero-order chi connectivity index (χ0) is 14.8. The fourth-order valence-electron chi connectivity index (χ4n) is 2.91. The van der Waals surface area contributed by atoms with Gasteiger partial charge < -0.3 is 15.1 Å². The number of aryl methyl sites for hydroxylation is 1. The minimum absolute atomic E-state index is 0.0706. The first kappa shape index (κ1) is 15.1. The Hall–Kier alpha value is -1.29. The summed E-state index contributed by atoms with van der Waals surface area (Å²) < 4.78 is 5.60. The van der Waals surface area contributed by atoms with E-state index in [1.165, 1.54) is 6.42 Å². The first-order chi connectivity index (χ1) is 9.42. The second kappa shape index (κ2) is 6.00. The lowest BCUT2D eigenvalue weighted by Crippen LogP contribution is -2.57. The van der Waals surface area contributed by atoms with E-state index in [1.54, 1.807) is 0 Å². The second-order valence-corrected chi connectivity index (χ2v) is 6.26. The first-order valence-corrected chi connectivity index (χ1v) is 7.58. The van der Waals surface area contributed by atoms with E-state index in [1.807, 2.05) is 37.8 Å². The SMILES string of the molecule is Cc1ccc(CN(C(=O)C2(N)CCCCC2)C(C)C)o1. The van der Waals surface area contributed by atoms with Crippen LogP contribution in [0.15, 0.2) is 16.5 Å². The summed E-state index contributed by atoms with van der Waals surface area (Å²) in [5.41, 5.74) is 5.70. The number of hydrogen-bond donors (Lipinski definition) is 1. The quantitative estimate of drug-likeness (QED) is 0.921. The van der Waals surface area contributed by atoms with Gasteiger partial charge in [0.1, 0.15) is 11.5 Å². The van der Waals surface area contributed by atoms with Gasteiger partial charge in [-0.3, -0.25) is 4.79 Å².